The number of hydrogen-bond donors (Lipinski definition) is 4. The van der Waals surface area contributed by atoms with Crippen LogP contribution in [0.4, 0.5) is 5.82 Å². The molecule has 0 aliphatic rings. The monoisotopic (exact) mass is 139 g/mol. The Bertz CT molecular complexity index is 238. The highest BCUT2D eigenvalue weighted by Crippen LogP contribution is 2.07. The van der Waals surface area contributed by atoms with E-state index < -0.39 is 0 Å². The average Bonchev–Trinajstić information content (AvgIpc) is 2.33. The van der Waals surface area contributed by atoms with Crippen molar-refractivity contribution in [2.75, 3.05) is 12.4 Å². The molecule has 54 valence electrons. The van der Waals surface area contributed by atoms with Crippen LogP contribution < -0.4 is 11.1 Å². The van der Waals surface area contributed by atoms with Crippen LogP contribution in [0.3, 0.4) is 0 Å². The van der Waals surface area contributed by atoms with Gasteiger partial charge < -0.3 is 11.1 Å². The molecule has 1 rings (SSSR count). The van der Waals surface area contributed by atoms with Crippen LogP contribution in [0, 0.1) is 5.41 Å². The standard InChI is InChI=1S/C5H9N5/c1-8-5-3(4(6)7)2-9-10-5/h2H,1H3,(H3,6,7)(H2,8,9,10). The van der Waals surface area contributed by atoms with Crippen molar-refractivity contribution >= 4 is 11.7 Å². The maximum absolute atomic E-state index is 7.07. The van der Waals surface area contributed by atoms with Gasteiger partial charge in [-0.2, -0.15) is 5.10 Å². The zero-order valence-corrected chi connectivity index (χ0v) is 5.60. The lowest BCUT2D eigenvalue weighted by molar-refractivity contribution is 1.09. The summed E-state index contributed by atoms with van der Waals surface area (Å²) in [6.45, 7) is 0. The van der Waals surface area contributed by atoms with Crippen LogP contribution in [0.25, 0.3) is 0 Å². The first kappa shape index (κ1) is 6.60. The Labute approximate surface area is 58.1 Å². The molecule has 5 nitrogen and oxygen atoms in total. The molecule has 5 N–H and O–H groups in total. The van der Waals surface area contributed by atoms with E-state index in [1.807, 2.05) is 0 Å². The maximum Gasteiger partial charge on any atom is 0.132 e. The van der Waals surface area contributed by atoms with Crippen molar-refractivity contribution in [1.29, 1.82) is 5.41 Å². The summed E-state index contributed by atoms with van der Waals surface area (Å²) in [6, 6.07) is 0. The van der Waals surface area contributed by atoms with E-state index in [1.54, 1.807) is 7.05 Å². The number of H-pyrrole nitrogens is 1. The molecule has 0 bridgehead atoms. The Hall–Kier alpha value is -1.52. The van der Waals surface area contributed by atoms with Gasteiger partial charge in [0.1, 0.15) is 11.7 Å². The zero-order valence-electron chi connectivity index (χ0n) is 5.60. The summed E-state index contributed by atoms with van der Waals surface area (Å²) in [5.41, 5.74) is 5.82. The van der Waals surface area contributed by atoms with Crippen molar-refractivity contribution < 1.29 is 0 Å². The van der Waals surface area contributed by atoms with Crippen molar-refractivity contribution in [3.05, 3.63) is 11.8 Å². The number of nitrogen functional groups attached to an aromatic ring is 1. The minimum absolute atomic E-state index is 0.0121. The van der Waals surface area contributed by atoms with Crippen molar-refractivity contribution in [2.24, 2.45) is 5.73 Å². The first-order chi connectivity index (χ1) is 4.75. The lowest BCUT2D eigenvalue weighted by atomic mass is 10.3. The number of nitrogens with one attached hydrogen (secondary N) is 3. The molecule has 1 aromatic rings. The third-order valence-corrected chi connectivity index (χ3v) is 1.18. The molecule has 10 heavy (non-hydrogen) atoms. The Morgan fingerprint density at radius 2 is 2.60 bits per heavy atom. The van der Waals surface area contributed by atoms with Gasteiger partial charge in [-0.25, -0.2) is 0 Å². The Balaban J connectivity index is 3.01. The van der Waals surface area contributed by atoms with Crippen LogP contribution in [0.2, 0.25) is 0 Å². The largest absolute Gasteiger partial charge is 0.384 e. The highest BCUT2D eigenvalue weighted by atomic mass is 15.2. The van der Waals surface area contributed by atoms with Crippen LogP contribution in [-0.2, 0) is 0 Å². The number of aromatic nitrogens is 2. The highest BCUT2D eigenvalue weighted by Gasteiger charge is 2.03. The molecule has 0 atom stereocenters. The molecule has 0 saturated heterocycles. The fraction of sp³-hybridized carbons (Fsp3) is 0.200. The molecule has 0 saturated carbocycles. The summed E-state index contributed by atoms with van der Waals surface area (Å²) in [6.07, 6.45) is 1.51. The molecule has 0 aromatic carbocycles. The SMILES string of the molecule is CNc1[nH]ncc1C(=N)N. The number of nitrogens with two attached hydrogens (primary N) is 1. The van der Waals surface area contributed by atoms with Gasteiger partial charge >= 0.3 is 0 Å². The number of nitrogens with zero attached hydrogens (tertiary/aromatic N) is 1. The van der Waals surface area contributed by atoms with Gasteiger partial charge in [-0.15, -0.1) is 0 Å². The third-order valence-electron chi connectivity index (χ3n) is 1.18. The highest BCUT2D eigenvalue weighted by molar-refractivity contribution is 5.99. The number of rotatable bonds is 2. The fourth-order valence-electron chi connectivity index (χ4n) is 0.681. The minimum Gasteiger partial charge on any atom is -0.384 e. The van der Waals surface area contributed by atoms with Crippen molar-refractivity contribution in [3.8, 4) is 0 Å². The molecule has 0 aliphatic heterocycles. The van der Waals surface area contributed by atoms with Crippen LogP contribution in [-0.4, -0.2) is 23.1 Å². The Morgan fingerprint density at radius 3 is 3.00 bits per heavy atom. The van der Waals surface area contributed by atoms with Crippen LogP contribution >= 0.6 is 0 Å². The van der Waals surface area contributed by atoms with Crippen LogP contribution in [0.1, 0.15) is 5.56 Å². The summed E-state index contributed by atoms with van der Waals surface area (Å²) >= 11 is 0. The van der Waals surface area contributed by atoms with E-state index in [2.05, 4.69) is 15.5 Å². The number of hydrogen-bond acceptors (Lipinski definition) is 3. The second-order valence-corrected chi connectivity index (χ2v) is 1.82. The van der Waals surface area contributed by atoms with E-state index in [1.165, 1.54) is 6.20 Å². The quantitative estimate of drug-likeness (QED) is 0.336. The predicted molar refractivity (Wildman–Crippen MR) is 39.2 cm³/mol. The summed E-state index contributed by atoms with van der Waals surface area (Å²) in [4.78, 5) is 0. The molecule has 1 aromatic heterocycles. The van der Waals surface area contributed by atoms with E-state index in [0.717, 1.165) is 0 Å². The average molecular weight is 139 g/mol. The van der Waals surface area contributed by atoms with Gasteiger partial charge in [0, 0.05) is 7.05 Å². The fourth-order valence-corrected chi connectivity index (χ4v) is 0.681. The summed E-state index contributed by atoms with van der Waals surface area (Å²) < 4.78 is 0. The smallest absolute Gasteiger partial charge is 0.132 e. The normalized spacial score (nSPS) is 9.30. The van der Waals surface area contributed by atoms with Gasteiger partial charge in [-0.3, -0.25) is 10.5 Å². The van der Waals surface area contributed by atoms with E-state index in [0.29, 0.717) is 11.4 Å². The predicted octanol–water partition coefficient (Wildman–Crippen LogP) is -0.265. The van der Waals surface area contributed by atoms with Gasteiger partial charge in [-0.05, 0) is 0 Å². The summed E-state index contributed by atoms with van der Waals surface area (Å²) in [5.74, 6) is 0.686. The molecule has 0 unspecified atom stereocenters. The Morgan fingerprint density at radius 1 is 1.90 bits per heavy atom. The second-order valence-electron chi connectivity index (χ2n) is 1.82. The first-order valence-electron chi connectivity index (χ1n) is 2.81. The van der Waals surface area contributed by atoms with Gasteiger partial charge in [0.2, 0.25) is 0 Å². The lowest BCUT2D eigenvalue weighted by Gasteiger charge is -1.96. The summed E-state index contributed by atoms with van der Waals surface area (Å²) in [7, 11) is 1.74. The van der Waals surface area contributed by atoms with Crippen molar-refractivity contribution in [1.82, 2.24) is 10.2 Å². The van der Waals surface area contributed by atoms with E-state index in [4.69, 9.17) is 11.1 Å². The van der Waals surface area contributed by atoms with Gasteiger partial charge in [0.15, 0.2) is 0 Å². The number of aromatic amines is 1. The van der Waals surface area contributed by atoms with Crippen LogP contribution in [0.5, 0.6) is 0 Å². The zero-order chi connectivity index (χ0) is 7.56. The molecule has 1 heterocycles. The second kappa shape index (κ2) is 2.38. The molecule has 0 aliphatic carbocycles. The van der Waals surface area contributed by atoms with E-state index in [-0.39, 0.29) is 5.84 Å². The third kappa shape index (κ3) is 0.928. The Kier molecular flexibility index (Phi) is 1.57. The van der Waals surface area contributed by atoms with E-state index in [9.17, 15) is 0 Å². The van der Waals surface area contributed by atoms with Gasteiger partial charge in [-0.1, -0.05) is 0 Å². The molecule has 0 spiro atoms. The van der Waals surface area contributed by atoms with Crippen molar-refractivity contribution in [2.45, 2.75) is 0 Å². The van der Waals surface area contributed by atoms with Crippen LogP contribution in [0.15, 0.2) is 6.20 Å². The number of anilines is 1. The number of amidine groups is 1. The molecule has 0 fully saturated rings. The molecule has 0 radical (unpaired) electrons. The van der Waals surface area contributed by atoms with Gasteiger partial charge in [0.05, 0.1) is 11.8 Å². The molecule has 5 heteroatoms. The molecular weight excluding hydrogens is 130 g/mol. The topological polar surface area (TPSA) is 90.6 Å². The minimum atomic E-state index is 0.0121. The van der Waals surface area contributed by atoms with E-state index >= 15 is 0 Å². The molecular formula is C5H9N5. The molecule has 0 amide bonds. The maximum atomic E-state index is 7.07. The van der Waals surface area contributed by atoms with Gasteiger partial charge in [0.25, 0.3) is 0 Å². The first-order valence-corrected chi connectivity index (χ1v) is 2.81. The lowest BCUT2D eigenvalue weighted by Crippen LogP contribution is -2.11. The van der Waals surface area contributed by atoms with Crippen molar-refractivity contribution in [3.63, 3.8) is 0 Å². The summed E-state index contributed by atoms with van der Waals surface area (Å²) in [5, 5.41) is 16.3.